The van der Waals surface area contributed by atoms with Crippen molar-refractivity contribution >= 4 is 17.9 Å². The van der Waals surface area contributed by atoms with Crippen LogP contribution in [0.2, 0.25) is 0 Å². The van der Waals surface area contributed by atoms with Gasteiger partial charge in [0.25, 0.3) is 0 Å². The molecule has 0 aliphatic heterocycles. The van der Waals surface area contributed by atoms with Gasteiger partial charge in [-0.05, 0) is 6.08 Å². The molecule has 1 amide bonds. The number of primary amides is 1. The zero-order chi connectivity index (χ0) is 10.6. The molecule has 2 N–H and O–H groups in total. The van der Waals surface area contributed by atoms with E-state index in [0.29, 0.717) is 5.95 Å². The SMILES string of the molecule is CN(C)c1ncc(/C=C\C(N)=O)cn1. The molecule has 1 aromatic heterocycles. The summed E-state index contributed by atoms with van der Waals surface area (Å²) in [6.07, 6.45) is 6.10. The van der Waals surface area contributed by atoms with E-state index >= 15 is 0 Å². The van der Waals surface area contributed by atoms with Crippen LogP contribution in [0.4, 0.5) is 5.95 Å². The van der Waals surface area contributed by atoms with Crippen molar-refractivity contribution in [1.29, 1.82) is 0 Å². The van der Waals surface area contributed by atoms with Gasteiger partial charge >= 0.3 is 0 Å². The number of anilines is 1. The Morgan fingerprint density at radius 2 is 2.00 bits per heavy atom. The van der Waals surface area contributed by atoms with Crippen LogP contribution in [-0.2, 0) is 4.79 Å². The summed E-state index contributed by atoms with van der Waals surface area (Å²) in [5, 5.41) is 0. The minimum Gasteiger partial charge on any atom is -0.366 e. The number of hydrogen-bond donors (Lipinski definition) is 1. The molecule has 0 spiro atoms. The molecule has 0 radical (unpaired) electrons. The summed E-state index contributed by atoms with van der Waals surface area (Å²) in [6, 6.07) is 0. The maximum atomic E-state index is 10.4. The molecule has 1 heterocycles. The van der Waals surface area contributed by atoms with Crippen molar-refractivity contribution in [3.05, 3.63) is 24.0 Å². The third-order valence-electron chi connectivity index (χ3n) is 1.50. The van der Waals surface area contributed by atoms with Gasteiger partial charge in [0, 0.05) is 38.1 Å². The lowest BCUT2D eigenvalue weighted by molar-refractivity contribution is -0.113. The Hall–Kier alpha value is -1.91. The summed E-state index contributed by atoms with van der Waals surface area (Å²) in [7, 11) is 3.71. The first-order valence-corrected chi connectivity index (χ1v) is 4.06. The van der Waals surface area contributed by atoms with Crippen LogP contribution >= 0.6 is 0 Å². The Bertz CT molecular complexity index is 342. The third-order valence-corrected chi connectivity index (χ3v) is 1.50. The summed E-state index contributed by atoms with van der Waals surface area (Å²) in [4.78, 5) is 20.4. The maximum Gasteiger partial charge on any atom is 0.241 e. The van der Waals surface area contributed by atoms with Gasteiger partial charge in [-0.1, -0.05) is 0 Å². The highest BCUT2D eigenvalue weighted by atomic mass is 16.1. The minimum absolute atomic E-state index is 0.485. The van der Waals surface area contributed by atoms with Crippen LogP contribution in [0, 0.1) is 0 Å². The molecule has 0 saturated heterocycles. The fourth-order valence-electron chi connectivity index (χ4n) is 0.827. The molecule has 1 rings (SSSR count). The first kappa shape index (κ1) is 10.2. The van der Waals surface area contributed by atoms with Gasteiger partial charge in [-0.2, -0.15) is 0 Å². The number of aromatic nitrogens is 2. The lowest BCUT2D eigenvalue weighted by atomic mass is 10.3. The van der Waals surface area contributed by atoms with E-state index in [0.717, 1.165) is 5.56 Å². The number of carbonyl (C=O) groups excluding carboxylic acids is 1. The zero-order valence-corrected chi connectivity index (χ0v) is 8.14. The van der Waals surface area contributed by atoms with Gasteiger partial charge in [0.2, 0.25) is 11.9 Å². The molecule has 0 aromatic carbocycles. The number of hydrogen-bond acceptors (Lipinski definition) is 4. The fourth-order valence-corrected chi connectivity index (χ4v) is 0.827. The Kier molecular flexibility index (Phi) is 3.17. The van der Waals surface area contributed by atoms with Crippen molar-refractivity contribution < 1.29 is 4.79 Å². The average Bonchev–Trinajstić information content (AvgIpc) is 2.15. The molecule has 0 bridgehead atoms. The largest absolute Gasteiger partial charge is 0.366 e. The molecule has 1 aromatic rings. The molecule has 0 atom stereocenters. The Labute approximate surface area is 82.3 Å². The molecule has 5 nitrogen and oxygen atoms in total. The molecule has 0 fully saturated rings. The summed E-state index contributed by atoms with van der Waals surface area (Å²) >= 11 is 0. The van der Waals surface area contributed by atoms with Crippen LogP contribution < -0.4 is 10.6 Å². The van der Waals surface area contributed by atoms with E-state index in [1.807, 2.05) is 14.1 Å². The monoisotopic (exact) mass is 192 g/mol. The van der Waals surface area contributed by atoms with Crippen LogP contribution in [-0.4, -0.2) is 30.0 Å². The predicted molar refractivity (Wildman–Crippen MR) is 54.6 cm³/mol. The predicted octanol–water partition coefficient (Wildman–Crippen LogP) is 0.0411. The minimum atomic E-state index is -0.485. The first-order valence-electron chi connectivity index (χ1n) is 4.06. The molecule has 0 saturated carbocycles. The topological polar surface area (TPSA) is 72.1 Å². The van der Waals surface area contributed by atoms with Crippen molar-refractivity contribution in [1.82, 2.24) is 9.97 Å². The van der Waals surface area contributed by atoms with E-state index in [9.17, 15) is 4.79 Å². The standard InChI is InChI=1S/C9H12N4O/c1-13(2)9-11-5-7(6-12-9)3-4-8(10)14/h3-6H,1-2H3,(H2,10,14)/b4-3-. The van der Waals surface area contributed by atoms with Crippen molar-refractivity contribution in [3.8, 4) is 0 Å². The second-order valence-electron chi connectivity index (χ2n) is 2.95. The quantitative estimate of drug-likeness (QED) is 0.686. The first-order chi connectivity index (χ1) is 6.59. The zero-order valence-electron chi connectivity index (χ0n) is 8.14. The highest BCUT2D eigenvalue weighted by Gasteiger charge is 1.96. The van der Waals surface area contributed by atoms with Gasteiger partial charge in [-0.3, -0.25) is 4.79 Å². The Morgan fingerprint density at radius 1 is 1.43 bits per heavy atom. The van der Waals surface area contributed by atoms with Gasteiger partial charge in [0.15, 0.2) is 0 Å². The number of rotatable bonds is 3. The maximum absolute atomic E-state index is 10.4. The van der Waals surface area contributed by atoms with Gasteiger partial charge in [-0.15, -0.1) is 0 Å². The fraction of sp³-hybridized carbons (Fsp3) is 0.222. The van der Waals surface area contributed by atoms with Gasteiger partial charge in [-0.25, -0.2) is 9.97 Å². The molecular weight excluding hydrogens is 180 g/mol. The molecule has 0 unspecified atom stereocenters. The summed E-state index contributed by atoms with van der Waals surface area (Å²) in [6.45, 7) is 0. The Balaban J connectivity index is 2.78. The van der Waals surface area contributed by atoms with Crippen molar-refractivity contribution in [3.63, 3.8) is 0 Å². The number of amides is 1. The molecule has 74 valence electrons. The highest BCUT2D eigenvalue weighted by Crippen LogP contribution is 2.03. The Morgan fingerprint density at radius 3 is 2.43 bits per heavy atom. The van der Waals surface area contributed by atoms with E-state index in [4.69, 9.17) is 5.73 Å². The lowest BCUT2D eigenvalue weighted by Crippen LogP contribution is -2.12. The van der Waals surface area contributed by atoms with E-state index in [1.165, 1.54) is 6.08 Å². The third kappa shape index (κ3) is 2.85. The average molecular weight is 192 g/mol. The molecule has 0 aliphatic rings. The number of nitrogens with zero attached hydrogens (tertiary/aromatic N) is 3. The van der Waals surface area contributed by atoms with Crippen LogP contribution in [0.5, 0.6) is 0 Å². The van der Waals surface area contributed by atoms with Gasteiger partial charge < -0.3 is 10.6 Å². The summed E-state index contributed by atoms with van der Waals surface area (Å²) in [5.74, 6) is 0.142. The molecular formula is C9H12N4O. The highest BCUT2D eigenvalue weighted by molar-refractivity contribution is 5.90. The van der Waals surface area contributed by atoms with Gasteiger partial charge in [0.1, 0.15) is 0 Å². The normalized spacial score (nSPS) is 10.4. The second kappa shape index (κ2) is 4.36. The van der Waals surface area contributed by atoms with E-state index < -0.39 is 5.91 Å². The van der Waals surface area contributed by atoms with Crippen LogP contribution in [0.3, 0.4) is 0 Å². The van der Waals surface area contributed by atoms with Crippen LogP contribution in [0.15, 0.2) is 18.5 Å². The van der Waals surface area contributed by atoms with Crippen LogP contribution in [0.1, 0.15) is 5.56 Å². The van der Waals surface area contributed by atoms with Crippen LogP contribution in [0.25, 0.3) is 6.08 Å². The molecule has 5 heteroatoms. The summed E-state index contributed by atoms with van der Waals surface area (Å²) in [5.41, 5.74) is 5.69. The van der Waals surface area contributed by atoms with Crippen molar-refractivity contribution in [2.75, 3.05) is 19.0 Å². The van der Waals surface area contributed by atoms with E-state index in [1.54, 1.807) is 23.4 Å². The number of carbonyl (C=O) groups is 1. The van der Waals surface area contributed by atoms with E-state index in [2.05, 4.69) is 9.97 Å². The van der Waals surface area contributed by atoms with E-state index in [-0.39, 0.29) is 0 Å². The smallest absolute Gasteiger partial charge is 0.241 e. The second-order valence-corrected chi connectivity index (χ2v) is 2.95. The summed E-state index contributed by atoms with van der Waals surface area (Å²) < 4.78 is 0. The van der Waals surface area contributed by atoms with Gasteiger partial charge in [0.05, 0.1) is 0 Å². The van der Waals surface area contributed by atoms with Crippen molar-refractivity contribution in [2.24, 2.45) is 5.73 Å². The number of nitrogens with two attached hydrogens (primary N) is 1. The van der Waals surface area contributed by atoms with Crippen molar-refractivity contribution in [2.45, 2.75) is 0 Å². The molecule has 0 aliphatic carbocycles. The molecule has 14 heavy (non-hydrogen) atoms. The lowest BCUT2D eigenvalue weighted by Gasteiger charge is -2.08.